The van der Waals surface area contributed by atoms with Crippen LogP contribution in [0.5, 0.6) is 0 Å². The van der Waals surface area contributed by atoms with Crippen LogP contribution in [0.2, 0.25) is 0 Å². The number of para-hydroxylation sites is 4. The summed E-state index contributed by atoms with van der Waals surface area (Å²) in [6.07, 6.45) is 0. The first-order chi connectivity index (χ1) is 34.2. The van der Waals surface area contributed by atoms with Crippen LogP contribution in [-0.2, 0) is 0 Å². The van der Waals surface area contributed by atoms with Crippen molar-refractivity contribution in [1.29, 1.82) is 0 Å². The number of anilines is 3. The Labute approximate surface area is 401 Å². The Morgan fingerprint density at radius 2 is 0.739 bits per heavy atom. The van der Waals surface area contributed by atoms with Gasteiger partial charge in [-0.1, -0.05) is 188 Å². The van der Waals surface area contributed by atoms with Crippen LogP contribution in [-0.4, -0.2) is 4.57 Å². The fraction of sp³-hybridized carbons (Fsp3) is 0. The average Bonchev–Trinajstić information content (AvgIpc) is 3.97. The molecule has 0 aliphatic carbocycles. The van der Waals surface area contributed by atoms with Crippen LogP contribution in [0, 0.1) is 0 Å². The van der Waals surface area contributed by atoms with Crippen molar-refractivity contribution in [3.05, 3.63) is 267 Å². The molecular formula is C66H44N2O. The maximum Gasteiger partial charge on any atom is 0.136 e. The van der Waals surface area contributed by atoms with E-state index in [0.717, 1.165) is 78.1 Å². The minimum Gasteiger partial charge on any atom is -0.456 e. The minimum absolute atomic E-state index is 0.893. The van der Waals surface area contributed by atoms with Crippen molar-refractivity contribution in [1.82, 2.24) is 4.57 Å². The molecule has 0 amide bonds. The number of benzene rings is 11. The maximum atomic E-state index is 6.33. The Kier molecular flexibility index (Phi) is 9.84. The van der Waals surface area contributed by atoms with E-state index in [2.05, 4.69) is 264 Å². The van der Waals surface area contributed by atoms with E-state index in [1.54, 1.807) is 0 Å². The molecule has 0 spiro atoms. The van der Waals surface area contributed by atoms with E-state index in [4.69, 9.17) is 4.42 Å². The molecule has 3 nitrogen and oxygen atoms in total. The van der Waals surface area contributed by atoms with Gasteiger partial charge in [-0.3, -0.25) is 0 Å². The van der Waals surface area contributed by atoms with Crippen LogP contribution in [0.4, 0.5) is 17.1 Å². The van der Waals surface area contributed by atoms with Crippen LogP contribution < -0.4 is 4.90 Å². The lowest BCUT2D eigenvalue weighted by molar-refractivity contribution is 0.669. The van der Waals surface area contributed by atoms with E-state index in [1.165, 1.54) is 44.1 Å². The molecule has 3 heteroatoms. The second kappa shape index (κ2) is 16.9. The second-order valence-electron chi connectivity index (χ2n) is 17.7. The Balaban J connectivity index is 0.904. The number of hydrogen-bond acceptors (Lipinski definition) is 2. The van der Waals surface area contributed by atoms with Gasteiger partial charge < -0.3 is 13.9 Å². The summed E-state index contributed by atoms with van der Waals surface area (Å²) in [5.41, 5.74) is 20.2. The summed E-state index contributed by atoms with van der Waals surface area (Å²) >= 11 is 0. The third kappa shape index (κ3) is 7.16. The Bertz CT molecular complexity index is 3960. The normalized spacial score (nSPS) is 11.5. The lowest BCUT2D eigenvalue weighted by Gasteiger charge is -2.27. The minimum atomic E-state index is 0.893. The predicted octanol–water partition coefficient (Wildman–Crippen LogP) is 18.5. The molecule has 0 saturated carbocycles. The predicted molar refractivity (Wildman–Crippen MR) is 290 cm³/mol. The van der Waals surface area contributed by atoms with Gasteiger partial charge >= 0.3 is 0 Å². The summed E-state index contributed by atoms with van der Waals surface area (Å²) < 4.78 is 8.74. The SMILES string of the molecule is c1ccc(-c2cccc(-c3cccc(N(c4ccc(-c5ccccc5-c5ccc6c(c5)oc5ccccc56)cc4)c4ccc(-c5ccccc5-n5c6ccccc6c6ccccc65)cc4)c3)c2)cc1. The van der Waals surface area contributed by atoms with Crippen molar-refractivity contribution in [2.45, 2.75) is 0 Å². The first-order valence-electron chi connectivity index (χ1n) is 23.6. The topological polar surface area (TPSA) is 21.3 Å². The number of furan rings is 1. The van der Waals surface area contributed by atoms with Gasteiger partial charge in [0.15, 0.2) is 0 Å². The molecule has 0 atom stereocenters. The van der Waals surface area contributed by atoms with Gasteiger partial charge in [0.2, 0.25) is 0 Å². The van der Waals surface area contributed by atoms with Crippen LogP contribution in [0.1, 0.15) is 0 Å². The zero-order chi connectivity index (χ0) is 45.7. The molecule has 324 valence electrons. The highest BCUT2D eigenvalue weighted by Crippen LogP contribution is 2.42. The molecule has 2 heterocycles. The summed E-state index contributed by atoms with van der Waals surface area (Å²) in [6, 6.07) is 96.1. The summed E-state index contributed by atoms with van der Waals surface area (Å²) in [7, 11) is 0. The van der Waals surface area contributed by atoms with Crippen molar-refractivity contribution in [2.24, 2.45) is 0 Å². The standard InChI is InChI=1S/C66H44N2O/c1-2-16-45(17-3-1)48-18-14-19-49(42-48)50-20-15-21-54(43-50)67(52-37-32-46(33-38-52)55-22-4-5-23-56(55)51-36-41-61-60-27-9-13-31-65(60)69-66(61)44-51)53-39-34-47(35-40-53)57-24-6-10-28-62(57)68-63-29-11-7-25-58(63)59-26-8-12-30-64(59)68/h1-44H. The van der Waals surface area contributed by atoms with Crippen molar-refractivity contribution in [3.8, 4) is 61.3 Å². The highest BCUT2D eigenvalue weighted by molar-refractivity contribution is 6.10. The van der Waals surface area contributed by atoms with Crippen LogP contribution in [0.3, 0.4) is 0 Å². The monoisotopic (exact) mass is 880 g/mol. The van der Waals surface area contributed by atoms with Gasteiger partial charge in [0.1, 0.15) is 11.2 Å². The smallest absolute Gasteiger partial charge is 0.136 e. The van der Waals surface area contributed by atoms with Crippen molar-refractivity contribution in [3.63, 3.8) is 0 Å². The molecule has 0 saturated heterocycles. The molecule has 0 fully saturated rings. The fourth-order valence-corrected chi connectivity index (χ4v) is 10.3. The Morgan fingerprint density at radius 1 is 0.261 bits per heavy atom. The second-order valence-corrected chi connectivity index (χ2v) is 17.7. The van der Waals surface area contributed by atoms with E-state index < -0.39 is 0 Å². The molecule has 0 aliphatic rings. The van der Waals surface area contributed by atoms with E-state index >= 15 is 0 Å². The molecule has 0 bridgehead atoms. The first kappa shape index (κ1) is 40.1. The third-order valence-corrected chi connectivity index (χ3v) is 13.6. The van der Waals surface area contributed by atoms with Gasteiger partial charge in [-0.15, -0.1) is 0 Å². The van der Waals surface area contributed by atoms with Gasteiger partial charge in [-0.25, -0.2) is 0 Å². The summed E-state index contributed by atoms with van der Waals surface area (Å²) in [5.74, 6) is 0. The molecule has 11 aromatic carbocycles. The first-order valence-corrected chi connectivity index (χ1v) is 23.6. The highest BCUT2D eigenvalue weighted by atomic mass is 16.3. The molecule has 69 heavy (non-hydrogen) atoms. The van der Waals surface area contributed by atoms with E-state index in [0.29, 0.717) is 0 Å². The molecule has 0 N–H and O–H groups in total. The van der Waals surface area contributed by atoms with Crippen LogP contribution in [0.25, 0.3) is 105 Å². The molecular weight excluding hydrogens is 837 g/mol. The third-order valence-electron chi connectivity index (χ3n) is 13.6. The van der Waals surface area contributed by atoms with Crippen LogP contribution >= 0.6 is 0 Å². The number of aromatic nitrogens is 1. The van der Waals surface area contributed by atoms with E-state index in [-0.39, 0.29) is 0 Å². The quantitative estimate of drug-likeness (QED) is 0.144. The molecule has 13 aromatic rings. The maximum absolute atomic E-state index is 6.33. The molecule has 2 aromatic heterocycles. The van der Waals surface area contributed by atoms with Gasteiger partial charge in [-0.2, -0.15) is 0 Å². The van der Waals surface area contributed by atoms with Crippen molar-refractivity contribution >= 4 is 60.8 Å². The number of fused-ring (bicyclic) bond motifs is 6. The van der Waals surface area contributed by atoms with E-state index in [9.17, 15) is 0 Å². The van der Waals surface area contributed by atoms with Gasteiger partial charge in [0, 0.05) is 44.2 Å². The number of rotatable bonds is 9. The number of nitrogens with zero attached hydrogens (tertiary/aromatic N) is 2. The number of hydrogen-bond donors (Lipinski definition) is 0. The van der Waals surface area contributed by atoms with Crippen LogP contribution in [0.15, 0.2) is 271 Å². The Morgan fingerprint density at radius 3 is 1.43 bits per heavy atom. The summed E-state index contributed by atoms with van der Waals surface area (Å²) in [5, 5.41) is 4.77. The molecule has 0 unspecified atom stereocenters. The fourth-order valence-electron chi connectivity index (χ4n) is 10.3. The zero-order valence-electron chi connectivity index (χ0n) is 37.7. The highest BCUT2D eigenvalue weighted by Gasteiger charge is 2.19. The van der Waals surface area contributed by atoms with E-state index in [1.807, 2.05) is 12.1 Å². The van der Waals surface area contributed by atoms with Gasteiger partial charge in [-0.05, 0) is 129 Å². The summed E-state index contributed by atoms with van der Waals surface area (Å²) in [6.45, 7) is 0. The van der Waals surface area contributed by atoms with Crippen molar-refractivity contribution < 1.29 is 4.42 Å². The molecule has 0 radical (unpaired) electrons. The van der Waals surface area contributed by atoms with Gasteiger partial charge in [0.05, 0.1) is 16.7 Å². The summed E-state index contributed by atoms with van der Waals surface area (Å²) in [4.78, 5) is 2.37. The lowest BCUT2D eigenvalue weighted by atomic mass is 9.94. The van der Waals surface area contributed by atoms with Gasteiger partial charge in [0.25, 0.3) is 0 Å². The Hall–Kier alpha value is -9.18. The average molecular weight is 881 g/mol. The largest absolute Gasteiger partial charge is 0.456 e. The zero-order valence-corrected chi connectivity index (χ0v) is 37.7. The van der Waals surface area contributed by atoms with Crippen molar-refractivity contribution in [2.75, 3.05) is 4.90 Å². The molecule has 0 aliphatic heterocycles. The molecule has 13 rings (SSSR count). The lowest BCUT2D eigenvalue weighted by Crippen LogP contribution is -2.10.